The van der Waals surface area contributed by atoms with Gasteiger partial charge in [-0.3, -0.25) is 19.4 Å². The summed E-state index contributed by atoms with van der Waals surface area (Å²) in [4.78, 5) is 25.9. The summed E-state index contributed by atoms with van der Waals surface area (Å²) in [5.74, 6) is 0.177. The van der Waals surface area contributed by atoms with Crippen LogP contribution in [0.15, 0.2) is 60.7 Å². The van der Waals surface area contributed by atoms with E-state index in [1.54, 1.807) is 6.92 Å². The lowest BCUT2D eigenvalue weighted by Gasteiger charge is -2.32. The van der Waals surface area contributed by atoms with Crippen LogP contribution < -0.4 is 11.1 Å². The van der Waals surface area contributed by atoms with Gasteiger partial charge in [0.05, 0.1) is 0 Å². The van der Waals surface area contributed by atoms with Gasteiger partial charge in [-0.15, -0.1) is 0 Å². The molecule has 37 heavy (non-hydrogen) atoms. The molecule has 4 rings (SSSR count). The minimum atomic E-state index is -0.273. The van der Waals surface area contributed by atoms with Crippen LogP contribution in [0.2, 0.25) is 0 Å². The van der Waals surface area contributed by atoms with E-state index in [4.69, 9.17) is 17.3 Å². The quantitative estimate of drug-likeness (QED) is 0.497. The van der Waals surface area contributed by atoms with Crippen molar-refractivity contribution < 1.29 is 9.59 Å². The van der Waals surface area contributed by atoms with Crippen LogP contribution in [0.5, 0.6) is 0 Å². The number of rotatable bonds is 7. The molecule has 0 bridgehead atoms. The van der Waals surface area contributed by atoms with Gasteiger partial charge in [-0.25, -0.2) is 0 Å². The Morgan fingerprint density at radius 3 is 1.57 bits per heavy atom. The Balaban J connectivity index is 0.000000225. The SMILES string of the molecule is CCC(=O)Cl.CCC(=O)NC1CCN(Cc2ccccc2)CC1.NC1CCN(Cc2ccccc2)CC1. The van der Waals surface area contributed by atoms with Crippen molar-refractivity contribution in [1.82, 2.24) is 15.1 Å². The number of nitrogens with two attached hydrogens (primary N) is 1. The molecule has 2 heterocycles. The Hall–Kier alpha value is -2.25. The highest BCUT2D eigenvalue weighted by Gasteiger charge is 2.20. The lowest BCUT2D eigenvalue weighted by Crippen LogP contribution is -2.44. The van der Waals surface area contributed by atoms with Crippen LogP contribution >= 0.6 is 11.6 Å². The van der Waals surface area contributed by atoms with Crippen molar-refractivity contribution in [2.75, 3.05) is 26.2 Å². The largest absolute Gasteiger partial charge is 0.353 e. The maximum Gasteiger partial charge on any atom is 0.221 e. The summed E-state index contributed by atoms with van der Waals surface area (Å²) in [6, 6.07) is 22.0. The third kappa shape index (κ3) is 13.7. The number of carbonyl (C=O) groups excluding carboxylic acids is 2. The molecule has 0 unspecified atom stereocenters. The fourth-order valence-corrected chi connectivity index (χ4v) is 4.36. The highest BCUT2D eigenvalue weighted by atomic mass is 35.5. The highest BCUT2D eigenvalue weighted by Crippen LogP contribution is 2.14. The standard InChI is InChI=1S/C15H22N2O.C12H18N2.C3H5ClO/c1-2-15(18)16-14-8-10-17(11-9-14)12-13-6-4-3-5-7-13;13-12-6-8-14(9-7-12)10-11-4-2-1-3-5-11;1-2-3(4)5/h3-7,14H,2,8-12H2,1H3,(H,16,18);1-5,12H,6-10,13H2;2H2,1H3. The molecular weight excluding hydrogens is 484 g/mol. The molecule has 2 aliphatic heterocycles. The van der Waals surface area contributed by atoms with Gasteiger partial charge in [-0.05, 0) is 61.5 Å². The molecule has 2 aromatic rings. The van der Waals surface area contributed by atoms with Gasteiger partial charge in [0.1, 0.15) is 0 Å². The van der Waals surface area contributed by atoms with Gasteiger partial charge in [0.15, 0.2) is 0 Å². The van der Waals surface area contributed by atoms with Crippen molar-refractivity contribution >= 4 is 22.8 Å². The summed E-state index contributed by atoms with van der Waals surface area (Å²) in [6.07, 6.45) is 5.45. The van der Waals surface area contributed by atoms with Crippen LogP contribution in [-0.4, -0.2) is 59.2 Å². The van der Waals surface area contributed by atoms with Gasteiger partial charge >= 0.3 is 0 Å². The number of hydrogen-bond donors (Lipinski definition) is 2. The molecule has 7 heteroatoms. The van der Waals surface area contributed by atoms with Crippen molar-refractivity contribution in [2.24, 2.45) is 5.73 Å². The van der Waals surface area contributed by atoms with Crippen LogP contribution in [0.4, 0.5) is 0 Å². The molecule has 0 aliphatic carbocycles. The molecule has 0 saturated carbocycles. The van der Waals surface area contributed by atoms with E-state index in [1.807, 2.05) is 6.92 Å². The van der Waals surface area contributed by atoms with Gasteiger partial charge in [-0.1, -0.05) is 74.5 Å². The van der Waals surface area contributed by atoms with E-state index in [2.05, 4.69) is 75.8 Å². The van der Waals surface area contributed by atoms with Crippen molar-refractivity contribution in [2.45, 2.75) is 77.5 Å². The number of piperidine rings is 2. The fourth-order valence-electron chi connectivity index (χ4n) is 4.36. The van der Waals surface area contributed by atoms with E-state index in [1.165, 1.54) is 11.1 Å². The lowest BCUT2D eigenvalue weighted by atomic mass is 10.0. The Morgan fingerprint density at radius 1 is 0.784 bits per heavy atom. The zero-order chi connectivity index (χ0) is 26.9. The second kappa shape index (κ2) is 18.1. The maximum absolute atomic E-state index is 11.3. The predicted octanol–water partition coefficient (Wildman–Crippen LogP) is 4.95. The van der Waals surface area contributed by atoms with Gasteiger partial charge < -0.3 is 11.1 Å². The van der Waals surface area contributed by atoms with Crippen molar-refractivity contribution in [3.8, 4) is 0 Å². The van der Waals surface area contributed by atoms with Gasteiger partial charge in [0.2, 0.25) is 11.1 Å². The maximum atomic E-state index is 11.3. The van der Waals surface area contributed by atoms with E-state index in [-0.39, 0.29) is 11.1 Å². The topological polar surface area (TPSA) is 78.7 Å². The first kappa shape index (κ1) is 31.0. The average Bonchev–Trinajstić information content (AvgIpc) is 2.93. The number of carbonyl (C=O) groups is 2. The van der Waals surface area contributed by atoms with Gasteiger partial charge in [0.25, 0.3) is 0 Å². The van der Waals surface area contributed by atoms with Gasteiger partial charge in [0, 0.05) is 51.1 Å². The molecule has 2 fully saturated rings. The van der Waals surface area contributed by atoms with Crippen LogP contribution in [-0.2, 0) is 22.7 Å². The minimum absolute atomic E-state index is 0.177. The van der Waals surface area contributed by atoms with E-state index in [9.17, 15) is 9.59 Å². The number of likely N-dealkylation sites (tertiary alicyclic amines) is 2. The van der Waals surface area contributed by atoms with Crippen LogP contribution in [0.3, 0.4) is 0 Å². The lowest BCUT2D eigenvalue weighted by molar-refractivity contribution is -0.121. The van der Waals surface area contributed by atoms with Gasteiger partial charge in [-0.2, -0.15) is 0 Å². The molecule has 2 aliphatic rings. The smallest absolute Gasteiger partial charge is 0.221 e. The molecule has 2 saturated heterocycles. The van der Waals surface area contributed by atoms with Crippen molar-refractivity contribution in [3.63, 3.8) is 0 Å². The number of halogens is 1. The predicted molar refractivity (Wildman–Crippen MR) is 153 cm³/mol. The molecule has 204 valence electrons. The summed E-state index contributed by atoms with van der Waals surface area (Å²) in [6.45, 7) is 10.2. The Labute approximate surface area is 228 Å². The number of hydrogen-bond acceptors (Lipinski definition) is 5. The second-order valence-corrected chi connectivity index (χ2v) is 10.2. The van der Waals surface area contributed by atoms with Crippen LogP contribution in [0, 0.1) is 0 Å². The summed E-state index contributed by atoms with van der Waals surface area (Å²) in [5.41, 5.74) is 8.64. The third-order valence-corrected chi connectivity index (χ3v) is 6.95. The molecule has 0 radical (unpaired) electrons. The summed E-state index contributed by atoms with van der Waals surface area (Å²) < 4.78 is 0. The Morgan fingerprint density at radius 2 is 1.19 bits per heavy atom. The number of amides is 1. The Kier molecular flexibility index (Phi) is 15.1. The van der Waals surface area contributed by atoms with Crippen molar-refractivity contribution in [3.05, 3.63) is 71.8 Å². The molecule has 0 spiro atoms. The highest BCUT2D eigenvalue weighted by molar-refractivity contribution is 6.63. The molecular formula is C30H45ClN4O2. The number of benzene rings is 2. The normalized spacial score (nSPS) is 17.1. The monoisotopic (exact) mass is 528 g/mol. The second-order valence-electron chi connectivity index (χ2n) is 9.76. The molecule has 3 N–H and O–H groups in total. The minimum Gasteiger partial charge on any atom is -0.353 e. The van der Waals surface area contributed by atoms with E-state index < -0.39 is 0 Å². The zero-order valence-corrected chi connectivity index (χ0v) is 23.3. The fraction of sp³-hybridized carbons (Fsp3) is 0.533. The first-order valence-electron chi connectivity index (χ1n) is 13.6. The Bertz CT molecular complexity index is 881. The first-order valence-corrected chi connectivity index (χ1v) is 14.0. The van der Waals surface area contributed by atoms with Crippen LogP contribution in [0.25, 0.3) is 0 Å². The number of nitrogens with one attached hydrogen (secondary N) is 1. The third-order valence-electron chi connectivity index (χ3n) is 6.68. The van der Waals surface area contributed by atoms with Crippen molar-refractivity contribution in [1.29, 1.82) is 0 Å². The molecule has 6 nitrogen and oxygen atoms in total. The van der Waals surface area contributed by atoms with Crippen LogP contribution in [0.1, 0.15) is 63.5 Å². The van der Waals surface area contributed by atoms with E-state index >= 15 is 0 Å². The zero-order valence-electron chi connectivity index (χ0n) is 22.6. The first-order chi connectivity index (χ1) is 17.9. The average molecular weight is 529 g/mol. The van der Waals surface area contributed by atoms with E-state index in [0.717, 1.165) is 65.0 Å². The molecule has 1 amide bonds. The number of nitrogens with zero attached hydrogens (tertiary/aromatic N) is 2. The summed E-state index contributed by atoms with van der Waals surface area (Å²) in [5, 5.41) is 2.81. The molecule has 2 aromatic carbocycles. The summed E-state index contributed by atoms with van der Waals surface area (Å²) in [7, 11) is 0. The molecule has 0 atom stereocenters. The van der Waals surface area contributed by atoms with E-state index in [0.29, 0.717) is 24.9 Å². The molecule has 0 aromatic heterocycles. The summed E-state index contributed by atoms with van der Waals surface area (Å²) >= 11 is 4.82.